The van der Waals surface area contributed by atoms with Crippen LogP contribution < -0.4 is 5.32 Å². The highest BCUT2D eigenvalue weighted by Crippen LogP contribution is 2.18. The first-order chi connectivity index (χ1) is 13.9. The van der Waals surface area contributed by atoms with Crippen molar-refractivity contribution >= 4 is 21.6 Å². The fourth-order valence-electron chi connectivity index (χ4n) is 3.35. The number of piperidine rings is 1. The molecule has 2 aromatic rings. The highest BCUT2D eigenvalue weighted by atomic mass is 32.2. The molecule has 1 fully saturated rings. The second-order valence-corrected chi connectivity index (χ2v) is 9.05. The van der Waals surface area contributed by atoms with Gasteiger partial charge in [0.15, 0.2) is 0 Å². The minimum absolute atomic E-state index is 0.0573. The maximum atomic E-state index is 12.6. The molecule has 0 atom stereocenters. The lowest BCUT2D eigenvalue weighted by atomic mass is 10.1. The fraction of sp³-hybridized carbons (Fsp3) is 0.381. The summed E-state index contributed by atoms with van der Waals surface area (Å²) in [6, 6.07) is 13.6. The van der Waals surface area contributed by atoms with Crippen LogP contribution in [0.1, 0.15) is 35.2 Å². The Balaban J connectivity index is 1.66. The van der Waals surface area contributed by atoms with Crippen LogP contribution in [0.15, 0.2) is 53.4 Å². The quantitative estimate of drug-likeness (QED) is 0.701. The van der Waals surface area contributed by atoms with E-state index < -0.39 is 10.0 Å². The predicted molar refractivity (Wildman–Crippen MR) is 112 cm³/mol. The number of hydrogen-bond acceptors (Lipinski definition) is 5. The molecule has 1 aliphatic rings. The summed E-state index contributed by atoms with van der Waals surface area (Å²) >= 11 is 0. The summed E-state index contributed by atoms with van der Waals surface area (Å²) in [6.45, 7) is 3.11. The van der Waals surface area contributed by atoms with Crippen LogP contribution in [0.25, 0.3) is 0 Å². The number of carbonyl (C=O) groups excluding carboxylic acids is 1. The van der Waals surface area contributed by atoms with Gasteiger partial charge in [-0.15, -0.1) is 0 Å². The summed E-state index contributed by atoms with van der Waals surface area (Å²) in [6.07, 6.45) is 3.78. The molecule has 0 aromatic heterocycles. The first-order valence-corrected chi connectivity index (χ1v) is 11.1. The normalized spacial score (nSPS) is 15.4. The van der Waals surface area contributed by atoms with Gasteiger partial charge in [-0.3, -0.25) is 14.5 Å². The van der Waals surface area contributed by atoms with Gasteiger partial charge in [-0.25, -0.2) is 8.42 Å². The molecule has 7 nitrogen and oxygen atoms in total. The zero-order valence-corrected chi connectivity index (χ0v) is 17.6. The molecule has 1 heterocycles. The minimum atomic E-state index is -3.74. The number of hydrogen-bond donors (Lipinski definition) is 1. The third-order valence-electron chi connectivity index (χ3n) is 5.05. The van der Waals surface area contributed by atoms with E-state index in [4.69, 9.17) is 4.84 Å². The second-order valence-electron chi connectivity index (χ2n) is 7.11. The van der Waals surface area contributed by atoms with Gasteiger partial charge >= 0.3 is 0 Å². The van der Waals surface area contributed by atoms with Crippen molar-refractivity contribution in [1.29, 1.82) is 0 Å². The first kappa shape index (κ1) is 21.4. The molecule has 2 aromatic carbocycles. The van der Waals surface area contributed by atoms with Gasteiger partial charge in [0.1, 0.15) is 0 Å². The van der Waals surface area contributed by atoms with Gasteiger partial charge in [0.25, 0.3) is 15.9 Å². The van der Waals surface area contributed by atoms with E-state index >= 15 is 0 Å². The van der Waals surface area contributed by atoms with Crippen LogP contribution in [0, 0.1) is 0 Å². The van der Waals surface area contributed by atoms with Crippen LogP contribution in [-0.4, -0.2) is 50.9 Å². The van der Waals surface area contributed by atoms with Gasteiger partial charge in [0.05, 0.1) is 12.0 Å². The number of rotatable bonds is 7. The number of benzene rings is 2. The van der Waals surface area contributed by atoms with E-state index in [1.165, 1.54) is 57.7 Å². The van der Waals surface area contributed by atoms with Crippen LogP contribution in [0.2, 0.25) is 0 Å². The topological polar surface area (TPSA) is 78.9 Å². The van der Waals surface area contributed by atoms with Crippen molar-refractivity contribution in [3.05, 3.63) is 59.7 Å². The van der Waals surface area contributed by atoms with Crippen LogP contribution in [-0.2, 0) is 21.4 Å². The van der Waals surface area contributed by atoms with Gasteiger partial charge in [-0.05, 0) is 67.9 Å². The molecular formula is C21H27N3O4S. The van der Waals surface area contributed by atoms with E-state index in [-0.39, 0.29) is 10.8 Å². The molecule has 0 radical (unpaired) electrons. The Morgan fingerprint density at radius 2 is 1.79 bits per heavy atom. The number of nitrogens with one attached hydrogen (secondary N) is 1. The maximum Gasteiger partial charge on any atom is 0.264 e. The van der Waals surface area contributed by atoms with E-state index in [9.17, 15) is 13.2 Å². The van der Waals surface area contributed by atoms with Crippen molar-refractivity contribution in [2.45, 2.75) is 30.7 Å². The number of nitrogens with zero attached hydrogens (tertiary/aromatic N) is 2. The molecule has 0 aliphatic carbocycles. The third kappa shape index (κ3) is 5.42. The molecule has 156 valence electrons. The van der Waals surface area contributed by atoms with Crippen LogP contribution >= 0.6 is 0 Å². The first-order valence-electron chi connectivity index (χ1n) is 9.66. The molecule has 0 bridgehead atoms. The lowest BCUT2D eigenvalue weighted by Crippen LogP contribution is -2.29. The van der Waals surface area contributed by atoms with Gasteiger partial charge < -0.3 is 5.32 Å². The summed E-state index contributed by atoms with van der Waals surface area (Å²) in [5.74, 6) is -0.288. The van der Waals surface area contributed by atoms with E-state index in [0.29, 0.717) is 5.56 Å². The average molecular weight is 418 g/mol. The lowest BCUT2D eigenvalue weighted by molar-refractivity contribution is -0.0258. The van der Waals surface area contributed by atoms with Gasteiger partial charge in [0, 0.05) is 24.8 Å². The Kier molecular flexibility index (Phi) is 7.02. The van der Waals surface area contributed by atoms with Crippen molar-refractivity contribution in [3.63, 3.8) is 0 Å². The number of hydroxylamine groups is 1. The third-order valence-corrected chi connectivity index (χ3v) is 6.74. The number of carbonyl (C=O) groups is 1. The summed E-state index contributed by atoms with van der Waals surface area (Å²) < 4.78 is 25.2. The fourth-order valence-corrected chi connectivity index (χ4v) is 4.32. The van der Waals surface area contributed by atoms with E-state index in [1.54, 1.807) is 0 Å². The standard InChI is InChI=1S/C21H27N3O4S/c1-23(28-2)29(26,27)20-11-9-18(10-12-20)21(25)22-19-8-6-7-17(15-19)16-24-13-4-3-5-14-24/h6-12,15H,3-5,13-14,16H2,1-2H3,(H,22,25). The number of anilines is 1. The van der Waals surface area contributed by atoms with E-state index in [0.717, 1.165) is 35.4 Å². The molecule has 0 saturated carbocycles. The minimum Gasteiger partial charge on any atom is -0.322 e. The van der Waals surface area contributed by atoms with Crippen molar-refractivity contribution in [2.24, 2.45) is 0 Å². The van der Waals surface area contributed by atoms with Gasteiger partial charge in [-0.1, -0.05) is 23.0 Å². The Bertz CT molecular complexity index is 939. The molecule has 29 heavy (non-hydrogen) atoms. The Labute approximate surface area is 172 Å². The van der Waals surface area contributed by atoms with Gasteiger partial charge in [0.2, 0.25) is 0 Å². The molecule has 0 spiro atoms. The smallest absolute Gasteiger partial charge is 0.264 e. The highest BCUT2D eigenvalue weighted by molar-refractivity contribution is 7.89. The summed E-state index contributed by atoms with van der Waals surface area (Å²) in [4.78, 5) is 19.8. The zero-order chi connectivity index (χ0) is 20.9. The monoisotopic (exact) mass is 417 g/mol. The Morgan fingerprint density at radius 3 is 2.45 bits per heavy atom. The molecule has 0 unspecified atom stereocenters. The number of sulfonamides is 1. The number of amides is 1. The maximum absolute atomic E-state index is 12.6. The summed E-state index contributed by atoms with van der Waals surface area (Å²) in [5.41, 5.74) is 2.26. The van der Waals surface area contributed by atoms with Crippen LogP contribution in [0.4, 0.5) is 5.69 Å². The SMILES string of the molecule is CON(C)S(=O)(=O)c1ccc(C(=O)Nc2cccc(CN3CCCCC3)c2)cc1. The van der Waals surface area contributed by atoms with Crippen LogP contribution in [0.3, 0.4) is 0 Å². The molecule has 1 N–H and O–H groups in total. The lowest BCUT2D eigenvalue weighted by Gasteiger charge is -2.26. The van der Waals surface area contributed by atoms with Crippen molar-refractivity contribution in [2.75, 3.05) is 32.6 Å². The van der Waals surface area contributed by atoms with Crippen molar-refractivity contribution in [3.8, 4) is 0 Å². The molecule has 1 aliphatic heterocycles. The molecule has 1 saturated heterocycles. The van der Waals surface area contributed by atoms with Crippen molar-refractivity contribution < 1.29 is 18.0 Å². The molecule has 1 amide bonds. The second kappa shape index (κ2) is 9.49. The van der Waals surface area contributed by atoms with Gasteiger partial charge in [-0.2, -0.15) is 0 Å². The average Bonchev–Trinajstić information content (AvgIpc) is 2.74. The Morgan fingerprint density at radius 1 is 1.10 bits per heavy atom. The molecular weight excluding hydrogens is 390 g/mol. The Hall–Kier alpha value is -2.26. The summed E-state index contributed by atoms with van der Waals surface area (Å²) in [7, 11) is -1.15. The predicted octanol–water partition coefficient (Wildman–Crippen LogP) is 3.11. The largest absolute Gasteiger partial charge is 0.322 e. The van der Waals surface area contributed by atoms with E-state index in [1.807, 2.05) is 18.2 Å². The van der Waals surface area contributed by atoms with Crippen LogP contribution in [0.5, 0.6) is 0 Å². The van der Waals surface area contributed by atoms with Crippen molar-refractivity contribution in [1.82, 2.24) is 9.37 Å². The summed E-state index contributed by atoms with van der Waals surface area (Å²) in [5, 5.41) is 2.89. The zero-order valence-electron chi connectivity index (χ0n) is 16.8. The highest BCUT2D eigenvalue weighted by Gasteiger charge is 2.21. The molecule has 8 heteroatoms. The number of likely N-dealkylation sites (tertiary alicyclic amines) is 1. The molecule has 3 rings (SSSR count). The van der Waals surface area contributed by atoms with E-state index in [2.05, 4.69) is 16.3 Å².